The fourth-order valence-corrected chi connectivity index (χ4v) is 1.20. The summed E-state index contributed by atoms with van der Waals surface area (Å²) in [4.78, 5) is 22.1. The van der Waals surface area contributed by atoms with E-state index in [1.165, 1.54) is 7.11 Å². The number of anilines is 2. The largest absolute Gasteiger partial charge is 0.453 e. The zero-order valence-electron chi connectivity index (χ0n) is 9.49. The summed E-state index contributed by atoms with van der Waals surface area (Å²) in [5.41, 5.74) is 1.16. The Morgan fingerprint density at radius 2 is 1.88 bits per heavy atom. The Morgan fingerprint density at radius 3 is 2.41 bits per heavy atom. The Morgan fingerprint density at radius 1 is 1.29 bits per heavy atom. The number of rotatable bonds is 3. The van der Waals surface area contributed by atoms with Gasteiger partial charge in [-0.25, -0.2) is 4.79 Å². The van der Waals surface area contributed by atoms with E-state index in [9.17, 15) is 9.59 Å². The van der Waals surface area contributed by atoms with Gasteiger partial charge in [-0.1, -0.05) is 22.0 Å². The molecule has 17 heavy (non-hydrogen) atoms. The van der Waals surface area contributed by atoms with Crippen LogP contribution in [0.25, 0.3) is 0 Å². The molecule has 1 atom stereocenters. The van der Waals surface area contributed by atoms with E-state index in [0.717, 1.165) is 0 Å². The van der Waals surface area contributed by atoms with Gasteiger partial charge in [-0.2, -0.15) is 0 Å². The Kier molecular flexibility index (Phi) is 4.96. The lowest BCUT2D eigenvalue weighted by atomic mass is 10.2. The van der Waals surface area contributed by atoms with Crippen molar-refractivity contribution in [2.24, 2.45) is 0 Å². The van der Waals surface area contributed by atoms with Gasteiger partial charge >= 0.3 is 6.09 Å². The molecule has 0 aliphatic heterocycles. The number of carbonyl (C=O) groups is 2. The molecule has 5 nitrogen and oxygen atoms in total. The van der Waals surface area contributed by atoms with Gasteiger partial charge in [0.15, 0.2) is 0 Å². The summed E-state index contributed by atoms with van der Waals surface area (Å²) in [5, 5.41) is 5.21. The highest BCUT2D eigenvalue weighted by Gasteiger charge is 2.09. The molecule has 0 radical (unpaired) electrons. The fourth-order valence-electron chi connectivity index (χ4n) is 1.09. The van der Waals surface area contributed by atoms with Crippen LogP contribution in [0.3, 0.4) is 0 Å². The summed E-state index contributed by atoms with van der Waals surface area (Å²) in [6.45, 7) is 1.73. The quantitative estimate of drug-likeness (QED) is 0.843. The first-order valence-corrected chi connectivity index (χ1v) is 5.84. The van der Waals surface area contributed by atoms with Crippen molar-refractivity contribution < 1.29 is 14.3 Å². The molecule has 1 aromatic carbocycles. The third-order valence-electron chi connectivity index (χ3n) is 1.92. The van der Waals surface area contributed by atoms with Gasteiger partial charge in [0.2, 0.25) is 5.91 Å². The number of benzene rings is 1. The van der Waals surface area contributed by atoms with Gasteiger partial charge in [0, 0.05) is 11.4 Å². The number of methoxy groups -OCH3 is 1. The molecule has 1 rings (SSSR count). The fraction of sp³-hybridized carbons (Fsp3) is 0.273. The molecule has 0 spiro atoms. The highest BCUT2D eigenvalue weighted by atomic mass is 79.9. The van der Waals surface area contributed by atoms with Gasteiger partial charge in [-0.15, -0.1) is 0 Å². The Balaban J connectivity index is 2.72. The molecule has 0 saturated heterocycles. The van der Waals surface area contributed by atoms with Gasteiger partial charge in [-0.05, 0) is 25.1 Å². The van der Waals surface area contributed by atoms with Gasteiger partial charge in [-0.3, -0.25) is 10.1 Å². The summed E-state index contributed by atoms with van der Waals surface area (Å²) < 4.78 is 4.47. The topological polar surface area (TPSA) is 67.4 Å². The van der Waals surface area contributed by atoms with E-state index in [1.54, 1.807) is 31.2 Å². The monoisotopic (exact) mass is 300 g/mol. The second kappa shape index (κ2) is 6.24. The van der Waals surface area contributed by atoms with Crippen LogP contribution in [0, 0.1) is 0 Å². The van der Waals surface area contributed by atoms with Crippen LogP contribution in [0.15, 0.2) is 24.3 Å². The van der Waals surface area contributed by atoms with Crippen molar-refractivity contribution in [2.45, 2.75) is 11.8 Å². The molecule has 0 bridgehead atoms. The van der Waals surface area contributed by atoms with E-state index < -0.39 is 6.09 Å². The van der Waals surface area contributed by atoms with E-state index >= 15 is 0 Å². The third kappa shape index (κ3) is 4.44. The van der Waals surface area contributed by atoms with Gasteiger partial charge < -0.3 is 10.1 Å². The summed E-state index contributed by atoms with van der Waals surface area (Å²) >= 11 is 3.17. The van der Waals surface area contributed by atoms with Crippen LogP contribution < -0.4 is 10.6 Å². The molecule has 2 amide bonds. The summed E-state index contributed by atoms with van der Waals surface area (Å²) in [7, 11) is 1.29. The molecule has 0 aliphatic carbocycles. The smallest absolute Gasteiger partial charge is 0.411 e. The Hall–Kier alpha value is -1.56. The second-order valence-electron chi connectivity index (χ2n) is 3.30. The molecule has 92 valence electrons. The average Bonchev–Trinajstić information content (AvgIpc) is 2.29. The number of nitrogens with one attached hydrogen (secondary N) is 2. The van der Waals surface area contributed by atoms with Crippen LogP contribution in [0.2, 0.25) is 0 Å². The Labute approximate surface area is 108 Å². The van der Waals surface area contributed by atoms with Crippen LogP contribution in [-0.4, -0.2) is 23.9 Å². The molecule has 0 heterocycles. The van der Waals surface area contributed by atoms with Crippen LogP contribution in [0.1, 0.15) is 6.92 Å². The average molecular weight is 301 g/mol. The number of amides is 2. The van der Waals surface area contributed by atoms with Gasteiger partial charge in [0.1, 0.15) is 0 Å². The lowest BCUT2D eigenvalue weighted by Gasteiger charge is -2.09. The molecule has 1 aromatic rings. The Bertz CT molecular complexity index is 421. The molecule has 6 heteroatoms. The molecular weight excluding hydrogens is 288 g/mol. The summed E-state index contributed by atoms with van der Waals surface area (Å²) in [6, 6.07) is 6.80. The van der Waals surface area contributed by atoms with Gasteiger partial charge in [0.25, 0.3) is 0 Å². The van der Waals surface area contributed by atoms with Crippen molar-refractivity contribution in [3.8, 4) is 0 Å². The first kappa shape index (κ1) is 13.5. The molecular formula is C11H13BrN2O3. The van der Waals surface area contributed by atoms with E-state index in [2.05, 4.69) is 31.3 Å². The molecule has 0 fully saturated rings. The van der Waals surface area contributed by atoms with Crippen LogP contribution in [0.4, 0.5) is 16.2 Å². The van der Waals surface area contributed by atoms with E-state index in [-0.39, 0.29) is 10.7 Å². The SMILES string of the molecule is COC(=O)Nc1cccc(NC(=O)C(C)Br)c1. The van der Waals surface area contributed by atoms with Crippen molar-refractivity contribution in [3.63, 3.8) is 0 Å². The van der Waals surface area contributed by atoms with Crippen molar-refractivity contribution in [3.05, 3.63) is 24.3 Å². The maximum absolute atomic E-state index is 11.4. The maximum atomic E-state index is 11.4. The van der Waals surface area contributed by atoms with E-state index in [4.69, 9.17) is 0 Å². The second-order valence-corrected chi connectivity index (χ2v) is 4.68. The minimum absolute atomic E-state index is 0.153. The van der Waals surface area contributed by atoms with Crippen molar-refractivity contribution in [2.75, 3.05) is 17.7 Å². The number of ether oxygens (including phenoxy) is 1. The number of hydrogen-bond donors (Lipinski definition) is 2. The lowest BCUT2D eigenvalue weighted by Crippen LogP contribution is -2.20. The minimum atomic E-state index is -0.553. The number of hydrogen-bond acceptors (Lipinski definition) is 3. The first-order chi connectivity index (χ1) is 8.02. The minimum Gasteiger partial charge on any atom is -0.453 e. The van der Waals surface area contributed by atoms with Gasteiger partial charge in [0.05, 0.1) is 11.9 Å². The number of carbonyl (C=O) groups excluding carboxylic acids is 2. The molecule has 0 aliphatic rings. The molecule has 0 saturated carbocycles. The summed E-state index contributed by atoms with van der Waals surface area (Å²) in [5.74, 6) is -0.153. The van der Waals surface area contributed by atoms with Crippen LogP contribution >= 0.6 is 15.9 Å². The summed E-state index contributed by atoms with van der Waals surface area (Å²) in [6.07, 6.45) is -0.553. The highest BCUT2D eigenvalue weighted by molar-refractivity contribution is 9.10. The predicted octanol–water partition coefficient (Wildman–Crippen LogP) is 2.59. The number of halogens is 1. The van der Waals surface area contributed by atoms with E-state index in [0.29, 0.717) is 11.4 Å². The molecule has 2 N–H and O–H groups in total. The van der Waals surface area contributed by atoms with E-state index in [1.807, 2.05) is 0 Å². The predicted molar refractivity (Wildman–Crippen MR) is 69.5 cm³/mol. The van der Waals surface area contributed by atoms with Crippen molar-refractivity contribution in [1.29, 1.82) is 0 Å². The van der Waals surface area contributed by atoms with Crippen molar-refractivity contribution >= 4 is 39.3 Å². The normalized spacial score (nSPS) is 11.5. The van der Waals surface area contributed by atoms with Crippen LogP contribution in [0.5, 0.6) is 0 Å². The molecule has 0 aromatic heterocycles. The third-order valence-corrected chi connectivity index (χ3v) is 2.34. The number of alkyl halides is 1. The van der Waals surface area contributed by atoms with Crippen molar-refractivity contribution in [1.82, 2.24) is 0 Å². The zero-order chi connectivity index (χ0) is 12.8. The lowest BCUT2D eigenvalue weighted by molar-refractivity contribution is -0.115. The first-order valence-electron chi connectivity index (χ1n) is 4.93. The zero-order valence-corrected chi connectivity index (χ0v) is 11.1. The standard InChI is InChI=1S/C11H13BrN2O3/c1-7(12)10(15)13-8-4-3-5-9(6-8)14-11(16)17-2/h3-7H,1-2H3,(H,13,15)(H,14,16). The molecule has 1 unspecified atom stereocenters. The highest BCUT2D eigenvalue weighted by Crippen LogP contribution is 2.16. The maximum Gasteiger partial charge on any atom is 0.411 e. The van der Waals surface area contributed by atoms with Crippen LogP contribution in [-0.2, 0) is 9.53 Å².